The molecular weight excluding hydrogens is 188 g/mol. The third-order valence-corrected chi connectivity index (χ3v) is 3.02. The Morgan fingerprint density at radius 2 is 2.33 bits per heavy atom. The Morgan fingerprint density at radius 3 is 2.87 bits per heavy atom. The number of hydrogen-bond donors (Lipinski definition) is 1. The number of nitriles is 1. The first-order valence-electron chi connectivity index (χ1n) is 5.23. The Hall–Kier alpha value is -1.63. The predicted molar refractivity (Wildman–Crippen MR) is 56.9 cm³/mol. The number of nitrogens with zero attached hydrogens (tertiary/aromatic N) is 3. The van der Waals surface area contributed by atoms with Gasteiger partial charge in [-0.25, -0.2) is 9.97 Å². The van der Waals surface area contributed by atoms with E-state index in [0.29, 0.717) is 17.3 Å². The first-order valence-corrected chi connectivity index (χ1v) is 5.23. The molecule has 0 bridgehead atoms. The van der Waals surface area contributed by atoms with Gasteiger partial charge in [0.2, 0.25) is 0 Å². The zero-order valence-electron chi connectivity index (χ0n) is 8.77. The first-order chi connectivity index (χ1) is 7.20. The van der Waals surface area contributed by atoms with Gasteiger partial charge < -0.3 is 5.73 Å². The van der Waals surface area contributed by atoms with E-state index in [4.69, 9.17) is 11.0 Å². The summed E-state index contributed by atoms with van der Waals surface area (Å²) in [6.45, 7) is 2.24. The van der Waals surface area contributed by atoms with E-state index in [0.717, 1.165) is 24.6 Å². The molecule has 1 saturated carbocycles. The summed E-state index contributed by atoms with van der Waals surface area (Å²) >= 11 is 0. The summed E-state index contributed by atoms with van der Waals surface area (Å²) in [6.07, 6.45) is 5.02. The van der Waals surface area contributed by atoms with Gasteiger partial charge in [-0.1, -0.05) is 6.92 Å². The first kappa shape index (κ1) is 9.91. The van der Waals surface area contributed by atoms with Crippen LogP contribution in [-0.4, -0.2) is 9.97 Å². The second kappa shape index (κ2) is 3.85. The predicted octanol–water partition coefficient (Wildman–Crippen LogP) is 1.83. The zero-order chi connectivity index (χ0) is 10.8. The molecule has 4 heteroatoms. The van der Waals surface area contributed by atoms with Crippen molar-refractivity contribution in [3.63, 3.8) is 0 Å². The van der Waals surface area contributed by atoms with Crippen molar-refractivity contribution in [3.8, 4) is 6.07 Å². The monoisotopic (exact) mass is 202 g/mol. The van der Waals surface area contributed by atoms with Crippen molar-refractivity contribution in [2.75, 3.05) is 5.73 Å². The fraction of sp³-hybridized carbons (Fsp3) is 0.545. The summed E-state index contributed by atoms with van der Waals surface area (Å²) in [6, 6.07) is 1.97. The molecule has 0 aromatic carbocycles. The molecule has 15 heavy (non-hydrogen) atoms. The number of aromatic nitrogens is 2. The Bertz CT molecular complexity index is 408. The summed E-state index contributed by atoms with van der Waals surface area (Å²) < 4.78 is 0. The number of nitrogens with two attached hydrogens (primary N) is 1. The SMILES string of the molecule is CC1CCC(c2ncc(C#N)c(N)n2)C1. The quantitative estimate of drug-likeness (QED) is 0.753. The minimum absolute atomic E-state index is 0.307. The largest absolute Gasteiger partial charge is 0.382 e. The van der Waals surface area contributed by atoms with Gasteiger partial charge in [-0.2, -0.15) is 5.26 Å². The lowest BCUT2D eigenvalue weighted by atomic mass is 10.1. The molecule has 1 aliphatic carbocycles. The third-order valence-electron chi connectivity index (χ3n) is 3.02. The van der Waals surface area contributed by atoms with Crippen LogP contribution < -0.4 is 5.73 Å². The van der Waals surface area contributed by atoms with Crippen LogP contribution in [0.2, 0.25) is 0 Å². The molecule has 0 spiro atoms. The maximum absolute atomic E-state index is 8.71. The van der Waals surface area contributed by atoms with Gasteiger partial charge >= 0.3 is 0 Å². The van der Waals surface area contributed by atoms with Gasteiger partial charge in [-0.05, 0) is 25.2 Å². The van der Waals surface area contributed by atoms with Crippen LogP contribution >= 0.6 is 0 Å². The Balaban J connectivity index is 2.24. The van der Waals surface area contributed by atoms with Gasteiger partial charge in [0.15, 0.2) is 0 Å². The average molecular weight is 202 g/mol. The summed E-state index contributed by atoms with van der Waals surface area (Å²) in [7, 11) is 0. The average Bonchev–Trinajstić information content (AvgIpc) is 2.65. The lowest BCUT2D eigenvalue weighted by molar-refractivity contribution is 0.585. The fourth-order valence-electron chi connectivity index (χ4n) is 2.13. The Morgan fingerprint density at radius 1 is 1.53 bits per heavy atom. The molecule has 0 aliphatic heterocycles. The summed E-state index contributed by atoms with van der Waals surface area (Å²) in [4.78, 5) is 8.42. The molecule has 0 amide bonds. The number of rotatable bonds is 1. The third kappa shape index (κ3) is 1.91. The van der Waals surface area contributed by atoms with Crippen LogP contribution in [0, 0.1) is 17.2 Å². The highest BCUT2D eigenvalue weighted by Gasteiger charge is 2.25. The summed E-state index contributed by atoms with van der Waals surface area (Å²) in [5.74, 6) is 2.28. The van der Waals surface area contributed by atoms with E-state index in [-0.39, 0.29) is 0 Å². The van der Waals surface area contributed by atoms with Crippen molar-refractivity contribution in [2.45, 2.75) is 32.1 Å². The molecule has 2 atom stereocenters. The van der Waals surface area contributed by atoms with Gasteiger partial charge in [0, 0.05) is 5.92 Å². The van der Waals surface area contributed by atoms with Crippen LogP contribution in [-0.2, 0) is 0 Å². The van der Waals surface area contributed by atoms with Crippen molar-refractivity contribution >= 4 is 5.82 Å². The highest BCUT2D eigenvalue weighted by molar-refractivity contribution is 5.46. The molecule has 0 saturated heterocycles. The molecule has 1 fully saturated rings. The molecule has 0 radical (unpaired) electrons. The standard InChI is InChI=1S/C11H14N4/c1-7-2-3-8(4-7)11-14-6-9(5-12)10(13)15-11/h6-8H,2-4H2,1H3,(H2,13,14,15). The van der Waals surface area contributed by atoms with E-state index in [2.05, 4.69) is 16.9 Å². The van der Waals surface area contributed by atoms with Crippen LogP contribution in [0.4, 0.5) is 5.82 Å². The molecule has 2 N–H and O–H groups in total. The normalized spacial score (nSPS) is 25.1. The van der Waals surface area contributed by atoms with Gasteiger partial charge in [0.25, 0.3) is 0 Å². The van der Waals surface area contributed by atoms with E-state index in [1.807, 2.05) is 6.07 Å². The van der Waals surface area contributed by atoms with Crippen LogP contribution in [0.15, 0.2) is 6.20 Å². The molecular formula is C11H14N4. The second-order valence-electron chi connectivity index (χ2n) is 4.25. The second-order valence-corrected chi connectivity index (χ2v) is 4.25. The molecule has 2 rings (SSSR count). The van der Waals surface area contributed by atoms with Crippen LogP contribution in [0.5, 0.6) is 0 Å². The summed E-state index contributed by atoms with van der Waals surface area (Å²) in [5.41, 5.74) is 6.03. The van der Waals surface area contributed by atoms with Gasteiger partial charge in [0.1, 0.15) is 23.3 Å². The smallest absolute Gasteiger partial charge is 0.145 e. The van der Waals surface area contributed by atoms with E-state index in [1.165, 1.54) is 12.6 Å². The lowest BCUT2D eigenvalue weighted by Crippen LogP contribution is -2.05. The highest BCUT2D eigenvalue weighted by atomic mass is 14.9. The van der Waals surface area contributed by atoms with Crippen molar-refractivity contribution in [1.82, 2.24) is 9.97 Å². The van der Waals surface area contributed by atoms with Crippen LogP contribution in [0.3, 0.4) is 0 Å². The number of nitrogen functional groups attached to an aromatic ring is 1. The van der Waals surface area contributed by atoms with Crippen molar-refractivity contribution in [1.29, 1.82) is 5.26 Å². The molecule has 1 heterocycles. The molecule has 4 nitrogen and oxygen atoms in total. The lowest BCUT2D eigenvalue weighted by Gasteiger charge is -2.08. The Labute approximate surface area is 89.2 Å². The topological polar surface area (TPSA) is 75.6 Å². The van der Waals surface area contributed by atoms with Crippen LogP contribution in [0.1, 0.15) is 43.5 Å². The van der Waals surface area contributed by atoms with E-state index in [9.17, 15) is 0 Å². The minimum atomic E-state index is 0.307. The fourth-order valence-corrected chi connectivity index (χ4v) is 2.13. The van der Waals surface area contributed by atoms with Crippen molar-refractivity contribution in [3.05, 3.63) is 17.6 Å². The zero-order valence-corrected chi connectivity index (χ0v) is 8.77. The van der Waals surface area contributed by atoms with Crippen molar-refractivity contribution in [2.24, 2.45) is 5.92 Å². The van der Waals surface area contributed by atoms with Crippen LogP contribution in [0.25, 0.3) is 0 Å². The number of hydrogen-bond acceptors (Lipinski definition) is 4. The number of anilines is 1. The molecule has 78 valence electrons. The maximum atomic E-state index is 8.71. The molecule has 2 unspecified atom stereocenters. The van der Waals surface area contributed by atoms with Gasteiger partial charge in [-0.15, -0.1) is 0 Å². The summed E-state index contributed by atoms with van der Waals surface area (Å²) in [5, 5.41) is 8.71. The molecule has 1 aromatic heterocycles. The van der Waals surface area contributed by atoms with E-state index < -0.39 is 0 Å². The van der Waals surface area contributed by atoms with E-state index in [1.54, 1.807) is 0 Å². The van der Waals surface area contributed by atoms with E-state index >= 15 is 0 Å². The molecule has 1 aromatic rings. The Kier molecular flexibility index (Phi) is 2.55. The van der Waals surface area contributed by atoms with Gasteiger partial charge in [-0.3, -0.25) is 0 Å². The van der Waals surface area contributed by atoms with Crippen molar-refractivity contribution < 1.29 is 0 Å². The molecule has 1 aliphatic rings. The highest BCUT2D eigenvalue weighted by Crippen LogP contribution is 2.36. The maximum Gasteiger partial charge on any atom is 0.145 e. The minimum Gasteiger partial charge on any atom is -0.382 e. The van der Waals surface area contributed by atoms with Gasteiger partial charge in [0.05, 0.1) is 6.20 Å².